The van der Waals surface area contributed by atoms with E-state index in [1.54, 1.807) is 0 Å². The Morgan fingerprint density at radius 1 is 0.526 bits per heavy atom. The molecule has 0 bridgehead atoms. The van der Waals surface area contributed by atoms with Crippen LogP contribution in [0, 0.1) is 0 Å². The molecule has 38 heavy (non-hydrogen) atoms. The molecule has 2 N–H and O–H groups in total. The molecule has 2 fully saturated rings. The lowest BCUT2D eigenvalue weighted by Gasteiger charge is -2.43. The van der Waals surface area contributed by atoms with Crippen LogP contribution in [-0.2, 0) is 0 Å². The van der Waals surface area contributed by atoms with Crippen molar-refractivity contribution in [1.82, 2.24) is 9.80 Å². The SMILES string of the molecule is O=C1c2ccccc2NC(c2ccc(C3Nc4ccccc4C(=O)N3C3CCCC3)cc2)N1C1CCCC1. The largest absolute Gasteiger partial charge is 0.361 e. The quantitative estimate of drug-likeness (QED) is 0.413. The third kappa shape index (κ3) is 3.85. The minimum absolute atomic E-state index is 0.115. The molecule has 0 aromatic heterocycles. The van der Waals surface area contributed by atoms with Crippen LogP contribution >= 0.6 is 0 Å². The van der Waals surface area contributed by atoms with Gasteiger partial charge in [-0.1, -0.05) is 74.2 Å². The molecule has 2 atom stereocenters. The number of nitrogens with one attached hydrogen (secondary N) is 2. The third-order valence-electron chi connectivity index (χ3n) is 8.93. The molecule has 4 aliphatic rings. The zero-order valence-corrected chi connectivity index (χ0v) is 21.6. The summed E-state index contributed by atoms with van der Waals surface area (Å²) in [6, 6.07) is 24.7. The monoisotopic (exact) mass is 506 g/mol. The Kier molecular flexibility index (Phi) is 5.83. The highest BCUT2D eigenvalue weighted by Gasteiger charge is 2.40. The summed E-state index contributed by atoms with van der Waals surface area (Å²) in [7, 11) is 0. The number of para-hydroxylation sites is 2. The van der Waals surface area contributed by atoms with Crippen LogP contribution in [0.4, 0.5) is 11.4 Å². The van der Waals surface area contributed by atoms with Gasteiger partial charge in [0.1, 0.15) is 12.3 Å². The molecule has 3 aromatic rings. The predicted octanol–water partition coefficient (Wildman–Crippen LogP) is 6.70. The molecule has 2 saturated carbocycles. The van der Waals surface area contributed by atoms with E-state index in [-0.39, 0.29) is 36.2 Å². The number of amides is 2. The average molecular weight is 507 g/mol. The van der Waals surface area contributed by atoms with Crippen molar-refractivity contribution in [1.29, 1.82) is 0 Å². The Morgan fingerprint density at radius 2 is 0.895 bits per heavy atom. The Labute approximate surface area is 224 Å². The zero-order chi connectivity index (χ0) is 25.6. The first-order valence-corrected chi connectivity index (χ1v) is 14.2. The summed E-state index contributed by atoms with van der Waals surface area (Å²) < 4.78 is 0. The van der Waals surface area contributed by atoms with Crippen molar-refractivity contribution in [2.75, 3.05) is 10.6 Å². The van der Waals surface area contributed by atoms with E-state index in [0.717, 1.165) is 59.3 Å². The summed E-state index contributed by atoms with van der Waals surface area (Å²) in [6.45, 7) is 0. The summed E-state index contributed by atoms with van der Waals surface area (Å²) in [4.78, 5) is 31.5. The number of benzene rings is 3. The number of rotatable bonds is 4. The van der Waals surface area contributed by atoms with Crippen molar-refractivity contribution in [3.05, 3.63) is 95.1 Å². The first-order valence-electron chi connectivity index (χ1n) is 14.2. The van der Waals surface area contributed by atoms with Gasteiger partial charge in [0, 0.05) is 23.5 Å². The molecule has 6 nitrogen and oxygen atoms in total. The number of nitrogens with zero attached hydrogens (tertiary/aromatic N) is 2. The molecule has 6 heteroatoms. The molecular formula is C32H34N4O2. The van der Waals surface area contributed by atoms with E-state index in [2.05, 4.69) is 44.7 Å². The molecule has 2 unspecified atom stereocenters. The summed E-state index contributed by atoms with van der Waals surface area (Å²) in [5.74, 6) is 0.229. The highest BCUT2D eigenvalue weighted by molar-refractivity contribution is 6.02. The molecule has 194 valence electrons. The molecule has 2 amide bonds. The van der Waals surface area contributed by atoms with Gasteiger partial charge in [-0.3, -0.25) is 9.59 Å². The molecule has 0 radical (unpaired) electrons. The van der Waals surface area contributed by atoms with Crippen LogP contribution in [0.25, 0.3) is 0 Å². The van der Waals surface area contributed by atoms with E-state index >= 15 is 0 Å². The Morgan fingerprint density at radius 3 is 1.29 bits per heavy atom. The fourth-order valence-electron chi connectivity index (χ4n) is 7.00. The highest BCUT2D eigenvalue weighted by Crippen LogP contribution is 2.41. The van der Waals surface area contributed by atoms with Gasteiger partial charge in [-0.05, 0) is 61.1 Å². The van der Waals surface area contributed by atoms with E-state index in [0.29, 0.717) is 0 Å². The van der Waals surface area contributed by atoms with Crippen LogP contribution in [0.5, 0.6) is 0 Å². The topological polar surface area (TPSA) is 64.7 Å². The smallest absolute Gasteiger partial charge is 0.258 e. The molecule has 0 saturated heterocycles. The maximum absolute atomic E-state index is 13.7. The van der Waals surface area contributed by atoms with Gasteiger partial charge < -0.3 is 20.4 Å². The Bertz CT molecular complexity index is 1250. The highest BCUT2D eigenvalue weighted by atomic mass is 16.2. The zero-order valence-electron chi connectivity index (χ0n) is 21.6. The van der Waals surface area contributed by atoms with Gasteiger partial charge in [-0.25, -0.2) is 0 Å². The van der Waals surface area contributed by atoms with E-state index < -0.39 is 0 Å². The fourth-order valence-corrected chi connectivity index (χ4v) is 7.00. The van der Waals surface area contributed by atoms with Crippen molar-refractivity contribution >= 4 is 23.2 Å². The lowest BCUT2D eigenvalue weighted by Crippen LogP contribution is -2.48. The van der Waals surface area contributed by atoms with Crippen molar-refractivity contribution < 1.29 is 9.59 Å². The van der Waals surface area contributed by atoms with Crippen LogP contribution in [-0.4, -0.2) is 33.7 Å². The summed E-state index contributed by atoms with van der Waals surface area (Å²) in [5, 5.41) is 7.34. The number of fused-ring (bicyclic) bond motifs is 2. The molecule has 0 spiro atoms. The number of carbonyl (C=O) groups excluding carboxylic acids is 2. The van der Waals surface area contributed by atoms with Crippen LogP contribution in [0.3, 0.4) is 0 Å². The van der Waals surface area contributed by atoms with Gasteiger partial charge >= 0.3 is 0 Å². The molecular weight excluding hydrogens is 472 g/mol. The number of carbonyl (C=O) groups is 2. The van der Waals surface area contributed by atoms with E-state index in [4.69, 9.17) is 0 Å². The summed E-state index contributed by atoms with van der Waals surface area (Å²) in [6.07, 6.45) is 8.46. The van der Waals surface area contributed by atoms with E-state index in [9.17, 15) is 9.59 Å². The van der Waals surface area contributed by atoms with Crippen molar-refractivity contribution in [3.63, 3.8) is 0 Å². The second-order valence-corrected chi connectivity index (χ2v) is 11.2. The Hall–Kier alpha value is -3.80. The minimum atomic E-state index is -0.206. The normalized spacial score (nSPS) is 23.7. The maximum atomic E-state index is 13.7. The fraction of sp³-hybridized carbons (Fsp3) is 0.375. The van der Waals surface area contributed by atoms with Crippen molar-refractivity contribution in [2.24, 2.45) is 0 Å². The molecule has 7 rings (SSSR count). The van der Waals surface area contributed by atoms with Gasteiger partial charge in [0.05, 0.1) is 11.1 Å². The average Bonchev–Trinajstić information content (AvgIpc) is 3.68. The van der Waals surface area contributed by atoms with Gasteiger partial charge in [-0.2, -0.15) is 0 Å². The Balaban J connectivity index is 1.23. The van der Waals surface area contributed by atoms with Crippen LogP contribution in [0.2, 0.25) is 0 Å². The van der Waals surface area contributed by atoms with E-state index in [1.165, 1.54) is 25.7 Å². The van der Waals surface area contributed by atoms with E-state index in [1.807, 2.05) is 48.5 Å². The van der Waals surface area contributed by atoms with Crippen LogP contribution in [0.1, 0.15) is 95.5 Å². The maximum Gasteiger partial charge on any atom is 0.258 e. The lowest BCUT2D eigenvalue weighted by atomic mass is 9.97. The molecule has 2 aliphatic carbocycles. The third-order valence-corrected chi connectivity index (χ3v) is 8.93. The second-order valence-electron chi connectivity index (χ2n) is 11.2. The summed E-state index contributed by atoms with van der Waals surface area (Å²) in [5.41, 5.74) is 5.43. The lowest BCUT2D eigenvalue weighted by molar-refractivity contribution is 0.0573. The second kappa shape index (κ2) is 9.50. The standard InChI is InChI=1S/C32H34N4O2/c37-31-25-13-5-7-15-27(25)33-29(35(31)23-9-1-2-10-23)21-17-19-22(20-18-21)30-34-28-16-8-6-14-26(28)32(38)36(30)24-11-3-4-12-24/h5-8,13-20,23-24,29-30,33-34H,1-4,9-12H2. The minimum Gasteiger partial charge on any atom is -0.361 e. The summed E-state index contributed by atoms with van der Waals surface area (Å²) >= 11 is 0. The molecule has 2 heterocycles. The first-order chi connectivity index (χ1) is 18.7. The number of hydrogen-bond donors (Lipinski definition) is 2. The van der Waals surface area contributed by atoms with Gasteiger partial charge in [0.25, 0.3) is 11.8 Å². The predicted molar refractivity (Wildman–Crippen MR) is 149 cm³/mol. The van der Waals surface area contributed by atoms with Crippen molar-refractivity contribution in [3.8, 4) is 0 Å². The van der Waals surface area contributed by atoms with Gasteiger partial charge in [-0.15, -0.1) is 0 Å². The number of hydrogen-bond acceptors (Lipinski definition) is 4. The molecule has 2 aliphatic heterocycles. The van der Waals surface area contributed by atoms with Crippen molar-refractivity contribution in [2.45, 2.75) is 75.8 Å². The number of anilines is 2. The molecule has 3 aromatic carbocycles. The van der Waals surface area contributed by atoms with Gasteiger partial charge in [0.2, 0.25) is 0 Å². The van der Waals surface area contributed by atoms with Crippen LogP contribution < -0.4 is 10.6 Å². The van der Waals surface area contributed by atoms with Gasteiger partial charge in [0.15, 0.2) is 0 Å². The van der Waals surface area contributed by atoms with Crippen LogP contribution in [0.15, 0.2) is 72.8 Å². The first kappa shape index (κ1) is 23.3.